The van der Waals surface area contributed by atoms with Crippen LogP contribution in [0.15, 0.2) is 55.5 Å². The highest BCUT2D eigenvalue weighted by molar-refractivity contribution is 5.83. The monoisotopic (exact) mass is 332 g/mol. The van der Waals surface area contributed by atoms with Gasteiger partial charge >= 0.3 is 0 Å². The molecule has 0 aliphatic carbocycles. The van der Waals surface area contributed by atoms with Gasteiger partial charge in [0, 0.05) is 54.6 Å². The van der Waals surface area contributed by atoms with Crippen LogP contribution in [0.4, 0.5) is 0 Å². The molecule has 4 heterocycles. The van der Waals surface area contributed by atoms with Crippen LogP contribution in [0, 0.1) is 0 Å². The first kappa shape index (κ1) is 15.3. The Bertz CT molecular complexity index is 955. The molecule has 0 amide bonds. The van der Waals surface area contributed by atoms with E-state index in [1.807, 2.05) is 18.3 Å². The van der Waals surface area contributed by atoms with E-state index in [0.717, 1.165) is 33.4 Å². The molecule has 0 atom stereocenters. The van der Waals surface area contributed by atoms with E-state index >= 15 is 0 Å². The molecule has 4 rings (SSSR count). The van der Waals surface area contributed by atoms with Crippen molar-refractivity contribution >= 4 is 10.9 Å². The Hall–Kier alpha value is -3.19. The Kier molecular flexibility index (Phi) is 4.38. The molecule has 0 bridgehead atoms. The number of aromatic amines is 1. The number of aromatic nitrogens is 6. The quantitative estimate of drug-likeness (QED) is 0.583. The molecule has 7 nitrogen and oxygen atoms in total. The highest BCUT2D eigenvalue weighted by atomic mass is 16.5. The zero-order chi connectivity index (χ0) is 16.9. The van der Waals surface area contributed by atoms with Crippen LogP contribution in [0.2, 0.25) is 0 Å². The number of H-pyrrole nitrogens is 1. The standard InChI is InChI=1S/C18H16N6O/c1-2-13(7-19-3-1)11-25-12-17-16-10-23-24-18(16)14(8-22-17)6-15-9-20-4-5-21-15/h1-5,7-10H,6,11-12H2,(H,23,24). The summed E-state index contributed by atoms with van der Waals surface area (Å²) < 4.78 is 5.77. The van der Waals surface area contributed by atoms with Crippen LogP contribution in [-0.2, 0) is 24.4 Å². The third-order valence-corrected chi connectivity index (χ3v) is 3.87. The second-order valence-electron chi connectivity index (χ2n) is 5.62. The number of hydrogen-bond acceptors (Lipinski definition) is 6. The molecule has 25 heavy (non-hydrogen) atoms. The summed E-state index contributed by atoms with van der Waals surface area (Å²) in [5.41, 5.74) is 4.77. The summed E-state index contributed by atoms with van der Waals surface area (Å²) in [6.07, 6.45) is 12.9. The lowest BCUT2D eigenvalue weighted by molar-refractivity contribution is 0.105. The van der Waals surface area contributed by atoms with Crippen LogP contribution >= 0.6 is 0 Å². The van der Waals surface area contributed by atoms with E-state index in [2.05, 4.69) is 30.1 Å². The van der Waals surface area contributed by atoms with Crippen LogP contribution in [0.1, 0.15) is 22.5 Å². The molecule has 0 saturated carbocycles. The zero-order valence-electron chi connectivity index (χ0n) is 13.5. The van der Waals surface area contributed by atoms with Gasteiger partial charge in [0.05, 0.1) is 36.3 Å². The van der Waals surface area contributed by atoms with Crippen molar-refractivity contribution in [3.63, 3.8) is 0 Å². The predicted molar refractivity (Wildman–Crippen MR) is 91.5 cm³/mol. The summed E-state index contributed by atoms with van der Waals surface area (Å²) in [5, 5.41) is 8.18. The number of hydrogen-bond donors (Lipinski definition) is 1. The number of ether oxygens (including phenoxy) is 1. The van der Waals surface area contributed by atoms with Crippen molar-refractivity contribution in [3.05, 3.63) is 78.0 Å². The van der Waals surface area contributed by atoms with E-state index in [4.69, 9.17) is 4.74 Å². The summed E-state index contributed by atoms with van der Waals surface area (Å²) in [7, 11) is 0. The summed E-state index contributed by atoms with van der Waals surface area (Å²) in [4.78, 5) is 17.1. The Morgan fingerprint density at radius 1 is 0.920 bits per heavy atom. The summed E-state index contributed by atoms with van der Waals surface area (Å²) in [6, 6.07) is 3.88. The van der Waals surface area contributed by atoms with Gasteiger partial charge in [-0.1, -0.05) is 6.07 Å². The first-order chi connectivity index (χ1) is 12.4. The Morgan fingerprint density at radius 3 is 2.72 bits per heavy atom. The molecule has 0 radical (unpaired) electrons. The Balaban J connectivity index is 1.51. The fourth-order valence-corrected chi connectivity index (χ4v) is 2.65. The van der Waals surface area contributed by atoms with E-state index < -0.39 is 0 Å². The van der Waals surface area contributed by atoms with E-state index in [1.165, 1.54) is 0 Å². The molecule has 0 fully saturated rings. The maximum atomic E-state index is 5.77. The van der Waals surface area contributed by atoms with E-state index in [-0.39, 0.29) is 0 Å². The van der Waals surface area contributed by atoms with E-state index in [0.29, 0.717) is 19.6 Å². The van der Waals surface area contributed by atoms with Crippen LogP contribution < -0.4 is 0 Å². The zero-order valence-corrected chi connectivity index (χ0v) is 13.5. The molecule has 0 unspecified atom stereocenters. The van der Waals surface area contributed by atoms with Crippen molar-refractivity contribution in [1.82, 2.24) is 30.1 Å². The number of nitrogens with zero attached hydrogens (tertiary/aromatic N) is 5. The third-order valence-electron chi connectivity index (χ3n) is 3.87. The van der Waals surface area contributed by atoms with Crippen molar-refractivity contribution < 1.29 is 4.74 Å². The second kappa shape index (κ2) is 7.14. The fourth-order valence-electron chi connectivity index (χ4n) is 2.65. The highest BCUT2D eigenvalue weighted by Crippen LogP contribution is 2.21. The number of nitrogens with one attached hydrogen (secondary N) is 1. The maximum absolute atomic E-state index is 5.77. The molecule has 0 saturated heterocycles. The van der Waals surface area contributed by atoms with Gasteiger partial charge in [-0.25, -0.2) is 0 Å². The first-order valence-electron chi connectivity index (χ1n) is 7.91. The summed E-state index contributed by atoms with van der Waals surface area (Å²) in [5.74, 6) is 0. The van der Waals surface area contributed by atoms with Gasteiger partial charge in [0.25, 0.3) is 0 Å². The lowest BCUT2D eigenvalue weighted by Gasteiger charge is -2.07. The normalized spacial score (nSPS) is 11.0. The molecule has 0 aliphatic heterocycles. The van der Waals surface area contributed by atoms with Crippen LogP contribution in [0.3, 0.4) is 0 Å². The predicted octanol–water partition coefficient (Wildman–Crippen LogP) is 2.45. The molecule has 0 aromatic carbocycles. The molecular formula is C18H16N6O. The topological polar surface area (TPSA) is 89.5 Å². The van der Waals surface area contributed by atoms with Gasteiger partial charge in [-0.3, -0.25) is 25.0 Å². The molecule has 1 N–H and O–H groups in total. The van der Waals surface area contributed by atoms with Gasteiger partial charge in [-0.2, -0.15) is 5.10 Å². The van der Waals surface area contributed by atoms with Crippen LogP contribution in [-0.4, -0.2) is 30.1 Å². The first-order valence-corrected chi connectivity index (χ1v) is 7.91. The van der Waals surface area contributed by atoms with Gasteiger partial charge in [-0.15, -0.1) is 0 Å². The van der Waals surface area contributed by atoms with Crippen molar-refractivity contribution in [2.75, 3.05) is 0 Å². The maximum Gasteiger partial charge on any atom is 0.0899 e. The highest BCUT2D eigenvalue weighted by Gasteiger charge is 2.11. The molecule has 124 valence electrons. The SMILES string of the molecule is c1cncc(COCc2ncc(Cc3cnccn3)c3[nH]ncc23)c1. The van der Waals surface area contributed by atoms with E-state index in [9.17, 15) is 0 Å². The number of fused-ring (bicyclic) bond motifs is 1. The molecule has 4 aromatic rings. The lowest BCUT2D eigenvalue weighted by atomic mass is 10.1. The molecule has 4 aromatic heterocycles. The van der Waals surface area contributed by atoms with Crippen LogP contribution in [0.25, 0.3) is 10.9 Å². The van der Waals surface area contributed by atoms with Gasteiger partial charge in [-0.05, 0) is 11.6 Å². The number of pyridine rings is 2. The van der Waals surface area contributed by atoms with Gasteiger partial charge in [0.15, 0.2) is 0 Å². The van der Waals surface area contributed by atoms with Crippen molar-refractivity contribution in [2.45, 2.75) is 19.6 Å². The van der Waals surface area contributed by atoms with Gasteiger partial charge in [0.2, 0.25) is 0 Å². The van der Waals surface area contributed by atoms with Crippen LogP contribution in [0.5, 0.6) is 0 Å². The average molecular weight is 332 g/mol. The minimum Gasteiger partial charge on any atom is -0.370 e. The molecule has 0 aliphatic rings. The van der Waals surface area contributed by atoms with Crippen molar-refractivity contribution in [3.8, 4) is 0 Å². The summed E-state index contributed by atoms with van der Waals surface area (Å²) in [6.45, 7) is 0.909. The Labute approximate surface area is 144 Å². The van der Waals surface area contributed by atoms with Crippen molar-refractivity contribution in [2.24, 2.45) is 0 Å². The lowest BCUT2D eigenvalue weighted by Crippen LogP contribution is -2.00. The largest absolute Gasteiger partial charge is 0.370 e. The molecule has 0 spiro atoms. The molecule has 7 heteroatoms. The van der Waals surface area contributed by atoms with Gasteiger partial charge < -0.3 is 4.74 Å². The molecular weight excluding hydrogens is 316 g/mol. The van der Waals surface area contributed by atoms with Gasteiger partial charge in [0.1, 0.15) is 0 Å². The van der Waals surface area contributed by atoms with Crippen molar-refractivity contribution in [1.29, 1.82) is 0 Å². The second-order valence-corrected chi connectivity index (χ2v) is 5.62. The third kappa shape index (κ3) is 3.51. The minimum atomic E-state index is 0.413. The summed E-state index contributed by atoms with van der Waals surface area (Å²) >= 11 is 0. The van der Waals surface area contributed by atoms with E-state index in [1.54, 1.807) is 37.2 Å². The minimum absolute atomic E-state index is 0.413. The Morgan fingerprint density at radius 2 is 1.88 bits per heavy atom. The smallest absolute Gasteiger partial charge is 0.0899 e. The average Bonchev–Trinajstić information content (AvgIpc) is 3.16. The number of rotatable bonds is 6. The fraction of sp³-hybridized carbons (Fsp3) is 0.167.